The Kier molecular flexibility index (Phi) is 7.33. The molecule has 0 radical (unpaired) electrons. The monoisotopic (exact) mass is 439 g/mol. The fourth-order valence-corrected chi connectivity index (χ4v) is 3.10. The summed E-state index contributed by atoms with van der Waals surface area (Å²) in [5.74, 6) is -1.47. The molecule has 0 bridgehead atoms. The molecule has 0 unspecified atom stereocenters. The van der Waals surface area contributed by atoms with Gasteiger partial charge in [-0.15, -0.1) is 0 Å². The van der Waals surface area contributed by atoms with Crippen LogP contribution in [-0.2, 0) is 27.3 Å². The Morgan fingerprint density at radius 1 is 1.09 bits per heavy atom. The van der Waals surface area contributed by atoms with Crippen molar-refractivity contribution < 1.29 is 23.5 Å². The lowest BCUT2D eigenvalue weighted by atomic mass is 10.1. The summed E-state index contributed by atoms with van der Waals surface area (Å²) in [5.41, 5.74) is 0.605. The smallest absolute Gasteiger partial charge is 0.328 e. The third-order valence-electron chi connectivity index (χ3n) is 4.72. The number of nitrogens with one attached hydrogen (secondary N) is 1. The van der Waals surface area contributed by atoms with Crippen molar-refractivity contribution in [2.45, 2.75) is 19.0 Å². The molecule has 1 N–H and O–H groups in total. The van der Waals surface area contributed by atoms with Gasteiger partial charge in [0.15, 0.2) is 0 Å². The zero-order valence-corrected chi connectivity index (χ0v) is 17.6. The molecule has 1 aromatic heterocycles. The van der Waals surface area contributed by atoms with Crippen LogP contribution >= 0.6 is 0 Å². The summed E-state index contributed by atoms with van der Waals surface area (Å²) in [6.45, 7) is -0.452. The highest BCUT2D eigenvalue weighted by molar-refractivity contribution is 5.84. The summed E-state index contributed by atoms with van der Waals surface area (Å²) in [6.07, 6.45) is 0.221. The van der Waals surface area contributed by atoms with E-state index < -0.39 is 35.8 Å². The maximum Gasteiger partial charge on any atom is 0.328 e. The van der Waals surface area contributed by atoms with Crippen molar-refractivity contribution in [3.05, 3.63) is 82.4 Å². The van der Waals surface area contributed by atoms with Gasteiger partial charge in [-0.1, -0.05) is 30.3 Å². The Morgan fingerprint density at radius 2 is 1.84 bits per heavy atom. The van der Waals surface area contributed by atoms with Gasteiger partial charge in [-0.2, -0.15) is 5.10 Å². The number of methoxy groups -OCH3 is 2. The van der Waals surface area contributed by atoms with Crippen molar-refractivity contribution in [2.75, 3.05) is 14.2 Å². The van der Waals surface area contributed by atoms with E-state index in [1.165, 1.54) is 38.5 Å². The maximum absolute atomic E-state index is 14.4. The molecular weight excluding hydrogens is 417 g/mol. The topological polar surface area (TPSA) is 99.5 Å². The summed E-state index contributed by atoms with van der Waals surface area (Å²) >= 11 is 0. The van der Waals surface area contributed by atoms with Crippen molar-refractivity contribution in [2.24, 2.45) is 0 Å². The lowest BCUT2D eigenvalue weighted by molar-refractivity contribution is -0.145. The number of aromatic nitrogens is 2. The van der Waals surface area contributed by atoms with Crippen molar-refractivity contribution in [3.63, 3.8) is 0 Å². The predicted octanol–water partition coefficient (Wildman–Crippen LogP) is 1.96. The van der Waals surface area contributed by atoms with Crippen LogP contribution in [0.4, 0.5) is 4.39 Å². The average molecular weight is 439 g/mol. The predicted molar refractivity (Wildman–Crippen MR) is 115 cm³/mol. The molecule has 9 heteroatoms. The van der Waals surface area contributed by atoms with Crippen molar-refractivity contribution in [3.8, 4) is 17.0 Å². The van der Waals surface area contributed by atoms with Crippen LogP contribution in [0, 0.1) is 5.82 Å². The van der Waals surface area contributed by atoms with Gasteiger partial charge in [0.25, 0.3) is 5.56 Å². The van der Waals surface area contributed by atoms with Crippen LogP contribution in [0.2, 0.25) is 0 Å². The molecule has 0 aliphatic rings. The number of hydrogen-bond donors (Lipinski definition) is 1. The number of nitrogens with zero attached hydrogens (tertiary/aromatic N) is 2. The van der Waals surface area contributed by atoms with E-state index in [9.17, 15) is 18.8 Å². The molecule has 0 fully saturated rings. The van der Waals surface area contributed by atoms with Gasteiger partial charge in [0.2, 0.25) is 5.91 Å². The van der Waals surface area contributed by atoms with E-state index >= 15 is 0 Å². The van der Waals surface area contributed by atoms with Crippen molar-refractivity contribution in [1.29, 1.82) is 0 Å². The molecule has 0 saturated carbocycles. The van der Waals surface area contributed by atoms with Gasteiger partial charge in [-0.25, -0.2) is 13.9 Å². The molecule has 1 heterocycles. The van der Waals surface area contributed by atoms with E-state index in [1.807, 2.05) is 30.3 Å². The quantitative estimate of drug-likeness (QED) is 0.539. The largest absolute Gasteiger partial charge is 0.497 e. The number of rotatable bonds is 8. The molecule has 3 rings (SSSR count). The first-order valence-corrected chi connectivity index (χ1v) is 9.74. The third kappa shape index (κ3) is 5.57. The van der Waals surface area contributed by atoms with Gasteiger partial charge in [0.1, 0.15) is 24.2 Å². The maximum atomic E-state index is 14.4. The summed E-state index contributed by atoms with van der Waals surface area (Å²) in [7, 11) is 2.65. The highest BCUT2D eigenvalue weighted by Crippen LogP contribution is 2.24. The Labute approximate surface area is 183 Å². The molecule has 1 atom stereocenters. The molecule has 166 valence electrons. The first-order valence-electron chi connectivity index (χ1n) is 9.74. The van der Waals surface area contributed by atoms with Gasteiger partial charge in [0, 0.05) is 24.1 Å². The molecule has 2 aromatic carbocycles. The Hall–Kier alpha value is -4.01. The number of ether oxygens (including phenoxy) is 2. The van der Waals surface area contributed by atoms with Gasteiger partial charge in [-0.05, 0) is 23.8 Å². The van der Waals surface area contributed by atoms with Crippen LogP contribution in [-0.4, -0.2) is 41.9 Å². The minimum Gasteiger partial charge on any atom is -0.497 e. The highest BCUT2D eigenvalue weighted by Gasteiger charge is 2.22. The van der Waals surface area contributed by atoms with Crippen LogP contribution in [0.3, 0.4) is 0 Å². The molecular formula is C23H22FN3O5. The van der Waals surface area contributed by atoms with E-state index in [1.54, 1.807) is 6.07 Å². The molecule has 0 aliphatic heterocycles. The summed E-state index contributed by atoms with van der Waals surface area (Å²) in [6, 6.07) is 15.0. The van der Waals surface area contributed by atoms with E-state index in [0.717, 1.165) is 10.2 Å². The second kappa shape index (κ2) is 10.3. The first kappa shape index (κ1) is 22.7. The lowest BCUT2D eigenvalue weighted by Crippen LogP contribution is -2.45. The molecule has 1 amide bonds. The first-order chi connectivity index (χ1) is 15.4. The third-order valence-corrected chi connectivity index (χ3v) is 4.72. The highest BCUT2D eigenvalue weighted by atomic mass is 19.1. The van der Waals surface area contributed by atoms with Gasteiger partial charge >= 0.3 is 5.97 Å². The number of esters is 1. The van der Waals surface area contributed by atoms with Crippen LogP contribution in [0.15, 0.2) is 65.5 Å². The van der Waals surface area contributed by atoms with E-state index in [0.29, 0.717) is 5.75 Å². The molecule has 8 nitrogen and oxygen atoms in total. The normalized spacial score (nSPS) is 11.5. The Bertz CT molecular complexity index is 1160. The fraction of sp³-hybridized carbons (Fsp3) is 0.217. The molecule has 32 heavy (non-hydrogen) atoms. The van der Waals surface area contributed by atoms with Gasteiger partial charge < -0.3 is 14.8 Å². The number of carbonyl (C=O) groups excluding carboxylic acids is 2. The zero-order chi connectivity index (χ0) is 23.1. The van der Waals surface area contributed by atoms with Crippen molar-refractivity contribution in [1.82, 2.24) is 15.1 Å². The molecule has 0 spiro atoms. The lowest BCUT2D eigenvalue weighted by Gasteiger charge is -2.17. The molecule has 0 saturated heterocycles. The molecule has 0 aliphatic carbocycles. The summed E-state index contributed by atoms with van der Waals surface area (Å²) in [5, 5.41) is 6.68. The Morgan fingerprint density at radius 3 is 2.50 bits per heavy atom. The summed E-state index contributed by atoms with van der Waals surface area (Å²) < 4.78 is 25.1. The fourth-order valence-electron chi connectivity index (χ4n) is 3.10. The minimum atomic E-state index is -0.937. The zero-order valence-electron chi connectivity index (χ0n) is 17.6. The SMILES string of the molecule is COC(=O)[C@H](Cc1ccccc1)NC(=O)Cn1nc(-c2ccc(OC)cc2F)ccc1=O. The summed E-state index contributed by atoms with van der Waals surface area (Å²) in [4.78, 5) is 36.9. The number of amides is 1. The number of halogens is 1. The van der Waals surface area contributed by atoms with Gasteiger partial charge in [-0.3, -0.25) is 9.59 Å². The average Bonchev–Trinajstić information content (AvgIpc) is 2.80. The van der Waals surface area contributed by atoms with Gasteiger partial charge in [0.05, 0.1) is 19.9 Å². The van der Waals surface area contributed by atoms with Crippen LogP contribution in [0.5, 0.6) is 5.75 Å². The van der Waals surface area contributed by atoms with E-state index in [4.69, 9.17) is 9.47 Å². The van der Waals surface area contributed by atoms with Crippen molar-refractivity contribution >= 4 is 11.9 Å². The van der Waals surface area contributed by atoms with E-state index in [-0.39, 0.29) is 17.7 Å². The van der Waals surface area contributed by atoms with E-state index in [2.05, 4.69) is 10.4 Å². The molecule has 3 aromatic rings. The minimum absolute atomic E-state index is 0.150. The standard InChI is InChI=1S/C23H22FN3O5/c1-31-16-8-9-17(18(24)13-16)19-10-11-22(29)27(26-19)14-21(28)25-20(23(30)32-2)12-15-6-4-3-5-7-15/h3-11,13,20H,12,14H2,1-2H3,(H,25,28)/t20-/m0/s1. The second-order valence-corrected chi connectivity index (χ2v) is 6.89. The van der Waals surface area contributed by atoms with Crippen LogP contribution < -0.4 is 15.6 Å². The Balaban J connectivity index is 1.78. The number of carbonyl (C=O) groups is 2. The van der Waals surface area contributed by atoms with Crippen LogP contribution in [0.1, 0.15) is 5.56 Å². The van der Waals surface area contributed by atoms with Crippen LogP contribution in [0.25, 0.3) is 11.3 Å². The number of benzene rings is 2. The number of hydrogen-bond acceptors (Lipinski definition) is 6. The second-order valence-electron chi connectivity index (χ2n) is 6.89.